The van der Waals surface area contributed by atoms with Gasteiger partial charge in [-0.3, -0.25) is 0 Å². The predicted octanol–water partition coefficient (Wildman–Crippen LogP) is 4.48. The first kappa shape index (κ1) is 15.5. The van der Waals surface area contributed by atoms with Crippen LogP contribution >= 0.6 is 23.7 Å². The van der Waals surface area contributed by atoms with Crippen molar-refractivity contribution >= 4 is 45.5 Å². The van der Waals surface area contributed by atoms with Crippen LogP contribution in [0.1, 0.15) is 11.4 Å². The van der Waals surface area contributed by atoms with Crippen LogP contribution in [0, 0.1) is 13.8 Å². The van der Waals surface area contributed by atoms with Crippen molar-refractivity contribution < 1.29 is 4.74 Å². The molecule has 3 aromatic rings. The van der Waals surface area contributed by atoms with E-state index >= 15 is 0 Å². The minimum Gasteiger partial charge on any atom is -0.497 e. The Hall–Kier alpha value is -1.85. The number of benzene rings is 1. The number of halogens is 1. The summed E-state index contributed by atoms with van der Waals surface area (Å²) in [7, 11) is 1.66. The third-order valence-electron chi connectivity index (χ3n) is 3.08. The molecule has 0 amide bonds. The largest absolute Gasteiger partial charge is 0.497 e. The Labute approximate surface area is 133 Å². The molecule has 21 heavy (non-hydrogen) atoms. The molecule has 1 aromatic carbocycles. The second kappa shape index (κ2) is 6.28. The van der Waals surface area contributed by atoms with E-state index in [-0.39, 0.29) is 12.4 Å². The molecule has 4 nitrogen and oxygen atoms in total. The van der Waals surface area contributed by atoms with Crippen molar-refractivity contribution in [1.29, 1.82) is 0 Å². The number of aryl methyl sites for hydroxylation is 2. The van der Waals surface area contributed by atoms with E-state index in [4.69, 9.17) is 4.74 Å². The number of thiophene rings is 1. The van der Waals surface area contributed by atoms with Crippen LogP contribution in [0.3, 0.4) is 0 Å². The van der Waals surface area contributed by atoms with Gasteiger partial charge in [0, 0.05) is 5.69 Å². The third kappa shape index (κ3) is 3.09. The number of hydrogen-bond donors (Lipinski definition) is 1. The number of ether oxygens (including phenoxy) is 1. The molecule has 0 aliphatic carbocycles. The quantitative estimate of drug-likeness (QED) is 0.772. The molecule has 0 saturated heterocycles. The van der Waals surface area contributed by atoms with Crippen molar-refractivity contribution in [1.82, 2.24) is 9.97 Å². The number of aromatic nitrogens is 2. The van der Waals surface area contributed by atoms with E-state index in [0.717, 1.165) is 33.3 Å². The van der Waals surface area contributed by atoms with Crippen molar-refractivity contribution in [2.75, 3.05) is 12.4 Å². The third-order valence-corrected chi connectivity index (χ3v) is 4.07. The van der Waals surface area contributed by atoms with Crippen LogP contribution in [0.25, 0.3) is 10.2 Å². The lowest BCUT2D eigenvalue weighted by atomic mass is 10.2. The Bertz CT molecular complexity index is 755. The summed E-state index contributed by atoms with van der Waals surface area (Å²) in [4.78, 5) is 10.0. The molecule has 0 aliphatic rings. The molecule has 0 radical (unpaired) electrons. The number of anilines is 2. The van der Waals surface area contributed by atoms with E-state index in [0.29, 0.717) is 0 Å². The van der Waals surface area contributed by atoms with Crippen LogP contribution in [0.15, 0.2) is 29.6 Å². The maximum absolute atomic E-state index is 5.16. The summed E-state index contributed by atoms with van der Waals surface area (Å²) in [5.41, 5.74) is 2.18. The summed E-state index contributed by atoms with van der Waals surface area (Å²) in [6.45, 7) is 3.99. The second-order valence-electron chi connectivity index (χ2n) is 4.57. The lowest BCUT2D eigenvalue weighted by molar-refractivity contribution is 0.415. The van der Waals surface area contributed by atoms with Crippen molar-refractivity contribution in [2.45, 2.75) is 13.8 Å². The predicted molar refractivity (Wildman–Crippen MR) is 90.4 cm³/mol. The van der Waals surface area contributed by atoms with Crippen LogP contribution < -0.4 is 10.1 Å². The smallest absolute Gasteiger partial charge is 0.143 e. The van der Waals surface area contributed by atoms with Gasteiger partial charge in [0.05, 0.1) is 12.5 Å². The van der Waals surface area contributed by atoms with Crippen molar-refractivity contribution in [3.63, 3.8) is 0 Å². The summed E-state index contributed by atoms with van der Waals surface area (Å²) < 4.78 is 5.16. The maximum Gasteiger partial charge on any atom is 0.143 e. The average Bonchev–Trinajstić information content (AvgIpc) is 2.81. The molecule has 3 rings (SSSR count). The molecule has 0 spiro atoms. The van der Waals surface area contributed by atoms with Crippen LogP contribution in [-0.4, -0.2) is 17.1 Å². The van der Waals surface area contributed by atoms with Gasteiger partial charge in [0.15, 0.2) is 0 Å². The maximum atomic E-state index is 5.16. The number of methoxy groups -OCH3 is 1. The Balaban J connectivity index is 0.00000161. The Morgan fingerprint density at radius 3 is 2.48 bits per heavy atom. The van der Waals surface area contributed by atoms with E-state index in [1.165, 1.54) is 5.56 Å². The zero-order chi connectivity index (χ0) is 14.1. The van der Waals surface area contributed by atoms with Gasteiger partial charge in [0.2, 0.25) is 0 Å². The van der Waals surface area contributed by atoms with Crippen molar-refractivity contribution in [2.24, 2.45) is 0 Å². The monoisotopic (exact) mass is 321 g/mol. The lowest BCUT2D eigenvalue weighted by Gasteiger charge is -2.09. The van der Waals surface area contributed by atoms with E-state index in [2.05, 4.69) is 27.6 Å². The summed E-state index contributed by atoms with van der Waals surface area (Å²) in [5.74, 6) is 2.47. The first-order valence-electron chi connectivity index (χ1n) is 6.31. The first-order valence-corrected chi connectivity index (χ1v) is 7.19. The Morgan fingerprint density at radius 1 is 1.10 bits per heavy atom. The van der Waals surface area contributed by atoms with Crippen LogP contribution in [0.4, 0.5) is 11.5 Å². The van der Waals surface area contributed by atoms with Crippen LogP contribution in [-0.2, 0) is 0 Å². The van der Waals surface area contributed by atoms with Crippen molar-refractivity contribution in [3.05, 3.63) is 41.0 Å². The van der Waals surface area contributed by atoms with Gasteiger partial charge in [-0.25, -0.2) is 9.97 Å². The molecule has 6 heteroatoms. The van der Waals surface area contributed by atoms with Crippen LogP contribution in [0.2, 0.25) is 0 Å². The highest BCUT2D eigenvalue weighted by molar-refractivity contribution is 7.17. The average molecular weight is 322 g/mol. The molecule has 0 atom stereocenters. The summed E-state index contributed by atoms with van der Waals surface area (Å²) in [5, 5.41) is 6.57. The summed E-state index contributed by atoms with van der Waals surface area (Å²) in [6, 6.07) is 7.80. The summed E-state index contributed by atoms with van der Waals surface area (Å²) >= 11 is 1.65. The zero-order valence-electron chi connectivity index (χ0n) is 12.0. The normalized spacial score (nSPS) is 10.2. The molecule has 110 valence electrons. The van der Waals surface area contributed by atoms with Crippen molar-refractivity contribution in [3.8, 4) is 5.75 Å². The lowest BCUT2D eigenvalue weighted by Crippen LogP contribution is -1.98. The molecule has 0 fully saturated rings. The molecule has 0 unspecified atom stereocenters. The van der Waals surface area contributed by atoms with E-state index < -0.39 is 0 Å². The molecule has 1 N–H and O–H groups in total. The number of nitrogens with zero attached hydrogens (tertiary/aromatic N) is 2. The molecule has 0 aliphatic heterocycles. The van der Waals surface area contributed by atoms with E-state index in [1.54, 1.807) is 18.4 Å². The van der Waals surface area contributed by atoms with Gasteiger partial charge in [0.25, 0.3) is 0 Å². The SMILES string of the molecule is COc1ccc(Nc2nc(C)nc3scc(C)c23)cc1.Cl. The standard InChI is InChI=1S/C15H15N3OS.ClH/c1-9-8-20-15-13(9)14(16-10(2)17-15)18-11-4-6-12(19-3)7-5-11;/h4-8H,1-3H3,(H,16,17,18);1H. The number of rotatable bonds is 3. The van der Waals surface area contributed by atoms with Crippen LogP contribution in [0.5, 0.6) is 5.75 Å². The molecule has 2 aromatic heterocycles. The number of nitrogens with one attached hydrogen (secondary N) is 1. The van der Waals surface area contributed by atoms with Gasteiger partial charge in [-0.1, -0.05) is 0 Å². The fraction of sp³-hybridized carbons (Fsp3) is 0.200. The zero-order valence-corrected chi connectivity index (χ0v) is 13.6. The molecular weight excluding hydrogens is 306 g/mol. The molecule has 2 heterocycles. The fourth-order valence-corrected chi connectivity index (χ4v) is 3.06. The van der Waals surface area contributed by atoms with Gasteiger partial charge in [0.1, 0.15) is 22.2 Å². The van der Waals surface area contributed by atoms with Gasteiger partial charge in [-0.05, 0) is 49.1 Å². The minimum absolute atomic E-state index is 0. The van der Waals surface area contributed by atoms with E-state index in [1.807, 2.05) is 31.2 Å². The van der Waals surface area contributed by atoms with E-state index in [9.17, 15) is 0 Å². The Kier molecular flexibility index (Phi) is 4.65. The first-order chi connectivity index (χ1) is 9.67. The van der Waals surface area contributed by atoms with Gasteiger partial charge in [-0.15, -0.1) is 23.7 Å². The van der Waals surface area contributed by atoms with Gasteiger partial charge in [-0.2, -0.15) is 0 Å². The Morgan fingerprint density at radius 2 is 1.81 bits per heavy atom. The number of fused-ring (bicyclic) bond motifs is 1. The molecule has 0 saturated carbocycles. The highest BCUT2D eigenvalue weighted by Crippen LogP contribution is 2.31. The topological polar surface area (TPSA) is 47.0 Å². The van der Waals surface area contributed by atoms with Gasteiger partial charge >= 0.3 is 0 Å². The van der Waals surface area contributed by atoms with Gasteiger partial charge < -0.3 is 10.1 Å². The molecular formula is C15H16ClN3OS. The molecule has 0 bridgehead atoms. The highest BCUT2D eigenvalue weighted by atomic mass is 35.5. The summed E-state index contributed by atoms with van der Waals surface area (Å²) in [6.07, 6.45) is 0. The highest BCUT2D eigenvalue weighted by Gasteiger charge is 2.10. The second-order valence-corrected chi connectivity index (χ2v) is 5.43. The fourth-order valence-electron chi connectivity index (χ4n) is 2.09. The number of hydrogen-bond acceptors (Lipinski definition) is 5. The minimum atomic E-state index is 0.